The van der Waals surface area contributed by atoms with Crippen molar-refractivity contribution in [1.29, 1.82) is 0 Å². The van der Waals surface area contributed by atoms with Gasteiger partial charge in [-0.1, -0.05) is 0 Å². The fourth-order valence-corrected chi connectivity index (χ4v) is 3.99. The van der Waals surface area contributed by atoms with E-state index in [0.29, 0.717) is 6.42 Å². The van der Waals surface area contributed by atoms with Crippen LogP contribution < -0.4 is 10.6 Å². The van der Waals surface area contributed by atoms with Gasteiger partial charge in [-0.3, -0.25) is 9.48 Å². The lowest BCUT2D eigenvalue weighted by atomic mass is 9.93. The molecule has 3 aromatic heterocycles. The lowest BCUT2D eigenvalue weighted by Gasteiger charge is -2.32. The number of hydrogen-bond acceptors (Lipinski definition) is 6. The monoisotopic (exact) mass is 342 g/mol. The summed E-state index contributed by atoms with van der Waals surface area (Å²) in [6.07, 6.45) is 6.58. The Morgan fingerprint density at radius 1 is 1.42 bits per heavy atom. The van der Waals surface area contributed by atoms with Gasteiger partial charge in [-0.05, 0) is 19.4 Å². The van der Waals surface area contributed by atoms with Crippen molar-refractivity contribution in [2.75, 3.05) is 5.32 Å². The molecular weight excluding hydrogens is 324 g/mol. The van der Waals surface area contributed by atoms with Crippen LogP contribution in [-0.4, -0.2) is 31.7 Å². The molecule has 7 nitrogen and oxygen atoms in total. The highest BCUT2D eigenvalue weighted by atomic mass is 32.1. The van der Waals surface area contributed by atoms with E-state index in [2.05, 4.69) is 38.7 Å². The summed E-state index contributed by atoms with van der Waals surface area (Å²) >= 11 is 1.66. The van der Waals surface area contributed by atoms with E-state index in [9.17, 15) is 4.79 Å². The molecule has 0 radical (unpaired) electrons. The molecule has 1 fully saturated rings. The average Bonchev–Trinajstić information content (AvgIpc) is 3.14. The van der Waals surface area contributed by atoms with Crippen LogP contribution in [0.1, 0.15) is 29.3 Å². The summed E-state index contributed by atoms with van der Waals surface area (Å²) in [6, 6.07) is 2.04. The maximum absolute atomic E-state index is 11.9. The number of hydrogen-bond donors (Lipinski definition) is 2. The predicted octanol–water partition coefficient (Wildman–Crippen LogP) is 2.17. The second-order valence-electron chi connectivity index (χ2n) is 6.08. The largest absolute Gasteiger partial charge is 0.364 e. The van der Waals surface area contributed by atoms with Crippen molar-refractivity contribution >= 4 is 33.3 Å². The Kier molecular flexibility index (Phi) is 3.68. The van der Waals surface area contributed by atoms with Crippen molar-refractivity contribution in [2.24, 2.45) is 7.05 Å². The first kappa shape index (κ1) is 15.1. The van der Waals surface area contributed by atoms with Crippen LogP contribution in [0, 0.1) is 6.92 Å². The van der Waals surface area contributed by atoms with Crippen molar-refractivity contribution < 1.29 is 4.79 Å². The number of carbonyl (C=O) groups excluding carboxylic acids is 1. The third-order valence-electron chi connectivity index (χ3n) is 4.26. The number of fused-ring (bicyclic) bond motifs is 1. The maximum atomic E-state index is 11.9. The highest BCUT2D eigenvalue weighted by Crippen LogP contribution is 2.31. The Bertz CT molecular complexity index is 901. The number of anilines is 1. The van der Waals surface area contributed by atoms with Crippen LogP contribution in [0.25, 0.3) is 10.2 Å². The molecular formula is C16H18N6OS. The number of amides is 1. The first-order valence-electron chi connectivity index (χ1n) is 7.86. The van der Waals surface area contributed by atoms with Crippen LogP contribution in [0.3, 0.4) is 0 Å². The predicted molar refractivity (Wildman–Crippen MR) is 92.9 cm³/mol. The van der Waals surface area contributed by atoms with E-state index in [1.807, 2.05) is 13.2 Å². The third kappa shape index (κ3) is 2.73. The molecule has 0 unspecified atom stereocenters. The standard InChI is InChI=1S/C16H18N6OS/c1-9-5-11-15(17-8-18-16(11)24-9)20-12-3-4-13(23)21-14(12)10-6-19-22(2)7-10/h5-8,12,14H,3-4H2,1-2H3,(H,21,23)(H,17,18,20)/t12-,14+/m1/s1. The zero-order chi connectivity index (χ0) is 16.7. The summed E-state index contributed by atoms with van der Waals surface area (Å²) < 4.78 is 1.75. The molecule has 0 saturated carbocycles. The summed E-state index contributed by atoms with van der Waals surface area (Å²) in [6.45, 7) is 2.06. The van der Waals surface area contributed by atoms with Gasteiger partial charge in [-0.15, -0.1) is 11.3 Å². The van der Waals surface area contributed by atoms with Crippen molar-refractivity contribution in [2.45, 2.75) is 31.8 Å². The van der Waals surface area contributed by atoms with Crippen LogP contribution in [0.2, 0.25) is 0 Å². The minimum absolute atomic E-state index is 0.0604. The minimum Gasteiger partial charge on any atom is -0.364 e. The molecule has 1 aliphatic rings. The molecule has 3 aromatic rings. The normalized spacial score (nSPS) is 21.0. The van der Waals surface area contributed by atoms with E-state index in [-0.39, 0.29) is 18.0 Å². The fraction of sp³-hybridized carbons (Fsp3) is 0.375. The average molecular weight is 342 g/mol. The molecule has 2 N–H and O–H groups in total. The van der Waals surface area contributed by atoms with Gasteiger partial charge in [0, 0.05) is 30.1 Å². The number of aromatic nitrogens is 4. The summed E-state index contributed by atoms with van der Waals surface area (Å²) in [5.41, 5.74) is 0.995. The quantitative estimate of drug-likeness (QED) is 0.762. The Morgan fingerprint density at radius 3 is 3.08 bits per heavy atom. The molecule has 0 spiro atoms. The molecule has 0 aliphatic carbocycles. The van der Waals surface area contributed by atoms with Gasteiger partial charge in [-0.2, -0.15) is 5.10 Å². The maximum Gasteiger partial charge on any atom is 0.220 e. The molecule has 1 saturated heterocycles. The molecule has 124 valence electrons. The number of nitrogens with one attached hydrogen (secondary N) is 2. The topological polar surface area (TPSA) is 84.7 Å². The molecule has 1 aliphatic heterocycles. The van der Waals surface area contributed by atoms with E-state index in [1.165, 1.54) is 4.88 Å². The van der Waals surface area contributed by atoms with Crippen molar-refractivity contribution in [3.05, 3.63) is 35.2 Å². The van der Waals surface area contributed by atoms with E-state index in [0.717, 1.165) is 28.0 Å². The summed E-state index contributed by atoms with van der Waals surface area (Å²) in [7, 11) is 1.87. The van der Waals surface area contributed by atoms with Gasteiger partial charge in [0.25, 0.3) is 0 Å². The van der Waals surface area contributed by atoms with Gasteiger partial charge in [0.15, 0.2) is 0 Å². The lowest BCUT2D eigenvalue weighted by molar-refractivity contribution is -0.123. The molecule has 2 atom stereocenters. The van der Waals surface area contributed by atoms with Gasteiger partial charge < -0.3 is 10.6 Å². The summed E-state index contributed by atoms with van der Waals surface area (Å²) in [5, 5.41) is 11.8. The number of piperidine rings is 1. The lowest BCUT2D eigenvalue weighted by Crippen LogP contribution is -2.45. The fourth-order valence-electron chi connectivity index (χ4n) is 3.14. The number of aryl methyl sites for hydroxylation is 2. The van der Waals surface area contributed by atoms with Crippen molar-refractivity contribution in [3.8, 4) is 0 Å². The Morgan fingerprint density at radius 2 is 2.29 bits per heavy atom. The number of rotatable bonds is 3. The van der Waals surface area contributed by atoms with Crippen LogP contribution in [0.4, 0.5) is 5.82 Å². The van der Waals surface area contributed by atoms with Crippen LogP contribution >= 0.6 is 11.3 Å². The molecule has 1 amide bonds. The Hall–Kier alpha value is -2.48. The Labute approximate surface area is 143 Å². The van der Waals surface area contributed by atoms with E-state index in [1.54, 1.807) is 28.5 Å². The highest BCUT2D eigenvalue weighted by Gasteiger charge is 2.31. The van der Waals surface area contributed by atoms with Crippen molar-refractivity contribution in [3.63, 3.8) is 0 Å². The van der Waals surface area contributed by atoms with Gasteiger partial charge in [0.05, 0.1) is 23.7 Å². The zero-order valence-electron chi connectivity index (χ0n) is 13.5. The summed E-state index contributed by atoms with van der Waals surface area (Å²) in [5.74, 6) is 0.889. The molecule has 4 heterocycles. The number of thiophene rings is 1. The van der Waals surface area contributed by atoms with Gasteiger partial charge in [0.2, 0.25) is 5.91 Å². The van der Waals surface area contributed by atoms with Crippen LogP contribution in [0.5, 0.6) is 0 Å². The van der Waals surface area contributed by atoms with E-state index >= 15 is 0 Å². The van der Waals surface area contributed by atoms with Gasteiger partial charge in [0.1, 0.15) is 17.0 Å². The van der Waals surface area contributed by atoms with Crippen LogP contribution in [0.15, 0.2) is 24.8 Å². The molecule has 8 heteroatoms. The van der Waals surface area contributed by atoms with E-state index < -0.39 is 0 Å². The number of carbonyl (C=O) groups is 1. The molecule has 0 aromatic carbocycles. The first-order valence-corrected chi connectivity index (χ1v) is 8.67. The third-order valence-corrected chi connectivity index (χ3v) is 5.22. The smallest absolute Gasteiger partial charge is 0.220 e. The zero-order valence-corrected chi connectivity index (χ0v) is 14.3. The molecule has 0 bridgehead atoms. The van der Waals surface area contributed by atoms with E-state index in [4.69, 9.17) is 0 Å². The van der Waals surface area contributed by atoms with Crippen LogP contribution in [-0.2, 0) is 11.8 Å². The molecule has 4 rings (SSSR count). The SMILES string of the molecule is Cc1cc2c(N[C@@H]3CCC(=O)N[C@H]3c3cnn(C)c3)ncnc2s1. The van der Waals surface area contributed by atoms with Crippen molar-refractivity contribution in [1.82, 2.24) is 25.1 Å². The number of nitrogens with zero attached hydrogens (tertiary/aromatic N) is 4. The second kappa shape index (κ2) is 5.86. The van der Waals surface area contributed by atoms with Gasteiger partial charge >= 0.3 is 0 Å². The van der Waals surface area contributed by atoms with Gasteiger partial charge in [-0.25, -0.2) is 9.97 Å². The second-order valence-corrected chi connectivity index (χ2v) is 7.31. The highest BCUT2D eigenvalue weighted by molar-refractivity contribution is 7.18. The molecule has 24 heavy (non-hydrogen) atoms. The first-order chi connectivity index (χ1) is 11.6. The minimum atomic E-state index is -0.121. The summed E-state index contributed by atoms with van der Waals surface area (Å²) in [4.78, 5) is 22.8. The Balaban J connectivity index is 1.66.